The minimum Gasteiger partial charge on any atom is -0.309 e. The summed E-state index contributed by atoms with van der Waals surface area (Å²) in [5, 5.41) is -0.237. The molecule has 0 aliphatic carbocycles. The standard InChI is InChI=1S/C36H24N2/c1-5-19-33-29(15-1)30-16-2-6-20-34(30)37(33)27-13-9-11-25(23-27)26-12-10-14-28(24-26)38-35-21-7-3-17-31(35)32-18-4-8-22-36(32)38/h1-24H/i1D,2D,3D,4D,5D,6D,7D,8D,15D,16D,17D,18D,19D,20D,21D,22D. The van der Waals surface area contributed by atoms with E-state index >= 15 is 0 Å². The molecular weight excluding hydrogens is 460 g/mol. The van der Waals surface area contributed by atoms with Crippen molar-refractivity contribution >= 4 is 43.6 Å². The third-order valence-electron chi connectivity index (χ3n) is 6.61. The van der Waals surface area contributed by atoms with Crippen molar-refractivity contribution in [1.29, 1.82) is 0 Å². The minimum atomic E-state index is -0.552. The zero-order chi connectivity index (χ0) is 39.0. The highest BCUT2D eigenvalue weighted by molar-refractivity contribution is 6.10. The summed E-state index contributed by atoms with van der Waals surface area (Å²) in [4.78, 5) is 0. The highest BCUT2D eigenvalue weighted by atomic mass is 15.0. The van der Waals surface area contributed by atoms with Gasteiger partial charge in [-0.3, -0.25) is 0 Å². The van der Waals surface area contributed by atoms with E-state index in [1.54, 1.807) is 48.5 Å². The maximum atomic E-state index is 8.84. The SMILES string of the molecule is [2H]c1c([2H])c([2H])c2c(c1[2H])c1c([2H])c([2H])c([2H])c([2H])c1n2-c1cccc(-c2cccc(-n3c4c([2H])c([2H])c([2H])c([2H])c4c4c([2H])c([2H])c([2H])c([2H])c43)c2)c1. The Hall–Kier alpha value is -5.08. The van der Waals surface area contributed by atoms with Crippen LogP contribution in [0.4, 0.5) is 0 Å². The molecule has 0 saturated heterocycles. The van der Waals surface area contributed by atoms with Gasteiger partial charge in [0, 0.05) is 32.9 Å². The van der Waals surface area contributed by atoms with Crippen LogP contribution in [-0.4, -0.2) is 9.13 Å². The predicted octanol–water partition coefficient (Wildman–Crippen LogP) is 9.55. The van der Waals surface area contributed by atoms with Crippen LogP contribution in [0.25, 0.3) is 66.1 Å². The molecule has 0 N–H and O–H groups in total. The molecule has 178 valence electrons. The van der Waals surface area contributed by atoms with Crippen LogP contribution in [0.3, 0.4) is 0 Å². The first-order valence-corrected chi connectivity index (χ1v) is 11.7. The molecule has 0 radical (unpaired) electrons. The number of para-hydroxylation sites is 4. The topological polar surface area (TPSA) is 9.86 Å². The van der Waals surface area contributed by atoms with Gasteiger partial charge in [0.1, 0.15) is 0 Å². The van der Waals surface area contributed by atoms with Gasteiger partial charge in [-0.2, -0.15) is 0 Å². The first kappa shape index (κ1) is 10.7. The van der Waals surface area contributed by atoms with E-state index in [0.29, 0.717) is 22.5 Å². The number of hydrogen-bond donors (Lipinski definition) is 0. The Morgan fingerprint density at radius 3 is 1.05 bits per heavy atom. The molecule has 0 spiro atoms. The normalized spacial score (nSPS) is 17.6. The van der Waals surface area contributed by atoms with Crippen molar-refractivity contribution in [3.63, 3.8) is 0 Å². The third-order valence-corrected chi connectivity index (χ3v) is 6.61. The molecule has 0 fully saturated rings. The molecular formula is C36H24N2. The molecule has 0 aliphatic heterocycles. The Bertz CT molecular complexity index is 2660. The molecule has 0 saturated carbocycles. The Labute approximate surface area is 243 Å². The lowest BCUT2D eigenvalue weighted by Gasteiger charge is -2.12. The molecule has 2 heteroatoms. The zero-order valence-corrected chi connectivity index (χ0v) is 19.5. The van der Waals surface area contributed by atoms with Crippen LogP contribution in [0.1, 0.15) is 21.9 Å². The Balaban J connectivity index is 1.44. The van der Waals surface area contributed by atoms with E-state index in [1.807, 2.05) is 0 Å². The largest absolute Gasteiger partial charge is 0.309 e. The first-order chi connectivity index (χ1) is 25.5. The van der Waals surface area contributed by atoms with Crippen LogP contribution in [0, 0.1) is 0 Å². The fraction of sp³-hybridized carbons (Fsp3) is 0. The lowest BCUT2D eigenvalue weighted by atomic mass is 10.0. The number of fused-ring (bicyclic) bond motifs is 6. The van der Waals surface area contributed by atoms with E-state index in [-0.39, 0.29) is 43.6 Å². The monoisotopic (exact) mass is 500 g/mol. The average molecular weight is 501 g/mol. The molecule has 0 amide bonds. The van der Waals surface area contributed by atoms with E-state index in [0.717, 1.165) is 0 Å². The van der Waals surface area contributed by atoms with Crippen LogP contribution < -0.4 is 0 Å². The van der Waals surface area contributed by atoms with Gasteiger partial charge in [0.05, 0.1) is 44.0 Å². The smallest absolute Gasteiger partial charge is 0.0645 e. The molecule has 2 aromatic heterocycles. The van der Waals surface area contributed by atoms with Crippen LogP contribution >= 0.6 is 0 Å². The van der Waals surface area contributed by atoms with Gasteiger partial charge < -0.3 is 9.13 Å². The minimum absolute atomic E-state index is 0.0394. The summed E-state index contributed by atoms with van der Waals surface area (Å²) in [5.41, 5.74) is 1.54. The van der Waals surface area contributed by atoms with Gasteiger partial charge in [0.25, 0.3) is 0 Å². The van der Waals surface area contributed by atoms with E-state index in [4.69, 9.17) is 21.9 Å². The second-order valence-electron chi connectivity index (χ2n) is 8.67. The molecule has 0 atom stereocenters. The molecule has 38 heavy (non-hydrogen) atoms. The number of benzene rings is 6. The molecule has 2 heterocycles. The maximum absolute atomic E-state index is 8.84. The van der Waals surface area contributed by atoms with Crippen molar-refractivity contribution in [2.75, 3.05) is 0 Å². The highest BCUT2D eigenvalue weighted by Gasteiger charge is 2.14. The predicted molar refractivity (Wildman–Crippen MR) is 161 cm³/mol. The molecule has 8 rings (SSSR count). The number of rotatable bonds is 3. The highest BCUT2D eigenvalue weighted by Crippen LogP contribution is 2.35. The number of aromatic nitrogens is 2. The summed E-state index contributed by atoms with van der Waals surface area (Å²) in [6.07, 6.45) is 0. The van der Waals surface area contributed by atoms with Crippen molar-refractivity contribution < 1.29 is 21.9 Å². The van der Waals surface area contributed by atoms with E-state index < -0.39 is 96.7 Å². The van der Waals surface area contributed by atoms with E-state index in [9.17, 15) is 0 Å². The van der Waals surface area contributed by atoms with Gasteiger partial charge in [-0.05, 0) is 59.6 Å². The van der Waals surface area contributed by atoms with Gasteiger partial charge in [-0.25, -0.2) is 0 Å². The van der Waals surface area contributed by atoms with Crippen molar-refractivity contribution in [1.82, 2.24) is 9.13 Å². The van der Waals surface area contributed by atoms with Crippen LogP contribution in [0.15, 0.2) is 145 Å². The molecule has 0 unspecified atom stereocenters. The van der Waals surface area contributed by atoms with Gasteiger partial charge in [0.15, 0.2) is 0 Å². The first-order valence-electron chi connectivity index (χ1n) is 19.7. The summed E-state index contributed by atoms with van der Waals surface area (Å²) in [5.74, 6) is 0. The number of hydrogen-bond acceptors (Lipinski definition) is 0. The second-order valence-corrected chi connectivity index (χ2v) is 8.67. The molecule has 6 aromatic carbocycles. The van der Waals surface area contributed by atoms with Gasteiger partial charge in [-0.1, -0.05) is 96.8 Å². The van der Waals surface area contributed by atoms with Crippen LogP contribution in [0.5, 0.6) is 0 Å². The Morgan fingerprint density at radius 2 is 0.711 bits per heavy atom. The lowest BCUT2D eigenvalue weighted by Crippen LogP contribution is -1.95. The van der Waals surface area contributed by atoms with Crippen LogP contribution in [0.2, 0.25) is 0 Å². The average Bonchev–Trinajstić information content (AvgIpc) is 3.73. The van der Waals surface area contributed by atoms with Crippen molar-refractivity contribution in [2.24, 2.45) is 0 Å². The fourth-order valence-corrected chi connectivity index (χ4v) is 5.01. The quantitative estimate of drug-likeness (QED) is 0.229. The van der Waals surface area contributed by atoms with Crippen molar-refractivity contribution in [3.8, 4) is 22.5 Å². The number of nitrogens with zero attached hydrogens (tertiary/aromatic N) is 2. The van der Waals surface area contributed by atoms with Gasteiger partial charge in [0.2, 0.25) is 0 Å². The summed E-state index contributed by atoms with van der Waals surface area (Å²) < 4.78 is 140. The molecule has 0 aliphatic rings. The summed E-state index contributed by atoms with van der Waals surface area (Å²) in [6, 6.07) is 5.48. The second kappa shape index (κ2) is 8.22. The summed E-state index contributed by atoms with van der Waals surface area (Å²) >= 11 is 0. The van der Waals surface area contributed by atoms with Crippen LogP contribution in [-0.2, 0) is 0 Å². The Morgan fingerprint density at radius 1 is 0.395 bits per heavy atom. The van der Waals surface area contributed by atoms with E-state index in [1.165, 1.54) is 9.13 Å². The molecule has 0 bridgehead atoms. The summed E-state index contributed by atoms with van der Waals surface area (Å²) in [6.45, 7) is 0. The molecule has 8 aromatic rings. The third kappa shape index (κ3) is 3.07. The van der Waals surface area contributed by atoms with Crippen molar-refractivity contribution in [3.05, 3.63) is 145 Å². The van der Waals surface area contributed by atoms with Gasteiger partial charge >= 0.3 is 0 Å². The van der Waals surface area contributed by atoms with Crippen molar-refractivity contribution in [2.45, 2.75) is 0 Å². The summed E-state index contributed by atoms with van der Waals surface area (Å²) in [7, 11) is 0. The van der Waals surface area contributed by atoms with E-state index in [2.05, 4.69) is 0 Å². The fourth-order valence-electron chi connectivity index (χ4n) is 5.01. The van der Waals surface area contributed by atoms with Gasteiger partial charge in [-0.15, -0.1) is 0 Å². The lowest BCUT2D eigenvalue weighted by molar-refractivity contribution is 1.17. The maximum Gasteiger partial charge on any atom is 0.0645 e. The molecule has 2 nitrogen and oxygen atoms in total. The Kier molecular flexibility index (Phi) is 2.32. The zero-order valence-electron chi connectivity index (χ0n) is 35.5.